The lowest BCUT2D eigenvalue weighted by molar-refractivity contribution is 0.0148. The second-order valence-corrected chi connectivity index (χ2v) is 7.13. The van der Waals surface area contributed by atoms with Gasteiger partial charge in [0.1, 0.15) is 0 Å². The molecular formula is C15H30N2O. The minimum Gasteiger partial charge on any atom is -0.377 e. The first-order chi connectivity index (χ1) is 8.38. The minimum atomic E-state index is 0.239. The molecule has 2 aliphatic rings. The van der Waals surface area contributed by atoms with Gasteiger partial charge >= 0.3 is 0 Å². The summed E-state index contributed by atoms with van der Waals surface area (Å²) in [4.78, 5) is 2.59. The topological polar surface area (TPSA) is 24.5 Å². The first-order valence-electron chi connectivity index (χ1n) is 7.47. The predicted molar refractivity (Wildman–Crippen MR) is 75.8 cm³/mol. The lowest BCUT2D eigenvalue weighted by Gasteiger charge is -2.46. The Balaban J connectivity index is 1.82. The van der Waals surface area contributed by atoms with E-state index in [1.54, 1.807) is 0 Å². The molecule has 2 fully saturated rings. The normalized spacial score (nSPS) is 37.0. The van der Waals surface area contributed by atoms with Gasteiger partial charge in [-0.15, -0.1) is 0 Å². The maximum atomic E-state index is 5.70. The summed E-state index contributed by atoms with van der Waals surface area (Å²) in [6, 6.07) is 1.39. The quantitative estimate of drug-likeness (QED) is 0.833. The number of likely N-dealkylation sites (N-methyl/N-ethyl adjacent to an activating group) is 1. The molecule has 18 heavy (non-hydrogen) atoms. The maximum Gasteiger partial charge on any atom is 0.0703 e. The number of nitrogens with zero attached hydrogens (tertiary/aromatic N) is 1. The third-order valence-corrected chi connectivity index (χ3v) is 4.65. The molecule has 0 aromatic heterocycles. The van der Waals surface area contributed by atoms with Gasteiger partial charge in [0.2, 0.25) is 0 Å². The van der Waals surface area contributed by atoms with Gasteiger partial charge in [-0.2, -0.15) is 0 Å². The zero-order chi connectivity index (χ0) is 13.3. The summed E-state index contributed by atoms with van der Waals surface area (Å²) < 4.78 is 5.70. The van der Waals surface area contributed by atoms with Crippen molar-refractivity contribution in [1.82, 2.24) is 10.2 Å². The molecular weight excluding hydrogens is 224 g/mol. The van der Waals surface area contributed by atoms with E-state index in [-0.39, 0.29) is 5.54 Å². The first-order valence-corrected chi connectivity index (χ1v) is 7.47. The van der Waals surface area contributed by atoms with E-state index in [0.29, 0.717) is 12.1 Å². The van der Waals surface area contributed by atoms with Crippen LogP contribution in [0.3, 0.4) is 0 Å². The molecule has 1 aliphatic carbocycles. The van der Waals surface area contributed by atoms with Crippen LogP contribution in [0.5, 0.6) is 0 Å². The molecule has 2 rings (SSSR count). The van der Waals surface area contributed by atoms with Crippen LogP contribution >= 0.6 is 0 Å². The number of rotatable bonds is 4. The molecule has 1 saturated heterocycles. The zero-order valence-electron chi connectivity index (χ0n) is 12.7. The highest BCUT2D eigenvalue weighted by atomic mass is 16.5. The van der Waals surface area contributed by atoms with Crippen LogP contribution in [0.25, 0.3) is 0 Å². The summed E-state index contributed by atoms with van der Waals surface area (Å²) in [7, 11) is 2.30. The molecule has 0 spiro atoms. The summed E-state index contributed by atoms with van der Waals surface area (Å²) in [5, 5.41) is 3.65. The number of hydrogen-bond acceptors (Lipinski definition) is 3. The molecule has 0 radical (unpaired) electrons. The van der Waals surface area contributed by atoms with E-state index in [1.165, 1.54) is 19.3 Å². The monoisotopic (exact) mass is 254 g/mol. The number of nitrogens with one attached hydrogen (secondary N) is 1. The molecule has 1 N–H and O–H groups in total. The Morgan fingerprint density at radius 1 is 1.17 bits per heavy atom. The van der Waals surface area contributed by atoms with Crippen LogP contribution in [-0.2, 0) is 4.74 Å². The van der Waals surface area contributed by atoms with Gasteiger partial charge in [0.15, 0.2) is 0 Å². The number of hydrogen-bond donors (Lipinski definition) is 1. The van der Waals surface area contributed by atoms with Crippen molar-refractivity contribution >= 4 is 0 Å². The fourth-order valence-electron chi connectivity index (χ4n) is 3.26. The summed E-state index contributed by atoms with van der Waals surface area (Å²) in [5.74, 6) is 0.821. The van der Waals surface area contributed by atoms with Crippen LogP contribution < -0.4 is 5.32 Å². The van der Waals surface area contributed by atoms with Crippen molar-refractivity contribution in [3.05, 3.63) is 0 Å². The fraction of sp³-hybridized carbons (Fsp3) is 1.00. The molecule has 1 saturated carbocycles. The van der Waals surface area contributed by atoms with Crippen LogP contribution in [0.1, 0.15) is 47.0 Å². The predicted octanol–water partition coefficient (Wildman–Crippen LogP) is 2.26. The molecule has 0 amide bonds. The van der Waals surface area contributed by atoms with Crippen molar-refractivity contribution in [2.75, 3.05) is 20.2 Å². The van der Waals surface area contributed by atoms with E-state index < -0.39 is 0 Å². The van der Waals surface area contributed by atoms with E-state index in [0.717, 1.165) is 25.1 Å². The Kier molecular flexibility index (Phi) is 4.35. The average molecular weight is 254 g/mol. The molecule has 0 aromatic carbocycles. The van der Waals surface area contributed by atoms with Crippen molar-refractivity contribution < 1.29 is 4.74 Å². The highest BCUT2D eigenvalue weighted by molar-refractivity contribution is 4.94. The SMILES string of the molecule is CC1OCCC1N(C)C1CCC1CNC(C)(C)C. The maximum absolute atomic E-state index is 5.70. The largest absolute Gasteiger partial charge is 0.377 e. The van der Waals surface area contributed by atoms with Gasteiger partial charge in [-0.1, -0.05) is 0 Å². The Morgan fingerprint density at radius 2 is 1.89 bits per heavy atom. The van der Waals surface area contributed by atoms with Gasteiger partial charge < -0.3 is 10.1 Å². The lowest BCUT2D eigenvalue weighted by atomic mass is 9.77. The highest BCUT2D eigenvalue weighted by Crippen LogP contribution is 2.34. The van der Waals surface area contributed by atoms with E-state index in [2.05, 4.69) is 45.0 Å². The van der Waals surface area contributed by atoms with Gasteiger partial charge in [0.25, 0.3) is 0 Å². The average Bonchev–Trinajstić information content (AvgIpc) is 2.60. The van der Waals surface area contributed by atoms with Gasteiger partial charge in [0.05, 0.1) is 6.10 Å². The Hall–Kier alpha value is -0.120. The van der Waals surface area contributed by atoms with Crippen molar-refractivity contribution in [2.24, 2.45) is 5.92 Å². The molecule has 4 atom stereocenters. The fourth-order valence-corrected chi connectivity index (χ4v) is 3.26. The van der Waals surface area contributed by atoms with Crippen molar-refractivity contribution in [1.29, 1.82) is 0 Å². The van der Waals surface area contributed by atoms with E-state index in [4.69, 9.17) is 4.74 Å². The smallest absolute Gasteiger partial charge is 0.0703 e. The highest BCUT2D eigenvalue weighted by Gasteiger charge is 2.39. The molecule has 3 heteroatoms. The van der Waals surface area contributed by atoms with E-state index in [1.807, 2.05) is 0 Å². The van der Waals surface area contributed by atoms with Gasteiger partial charge in [-0.3, -0.25) is 4.90 Å². The van der Waals surface area contributed by atoms with Gasteiger partial charge in [-0.25, -0.2) is 0 Å². The summed E-state index contributed by atoms with van der Waals surface area (Å²) in [6.45, 7) is 11.1. The Labute approximate surface area is 112 Å². The summed E-state index contributed by atoms with van der Waals surface area (Å²) >= 11 is 0. The summed E-state index contributed by atoms with van der Waals surface area (Å²) in [5.41, 5.74) is 0.239. The molecule has 1 heterocycles. The van der Waals surface area contributed by atoms with Crippen LogP contribution in [-0.4, -0.2) is 48.8 Å². The second kappa shape index (κ2) is 5.48. The van der Waals surface area contributed by atoms with E-state index in [9.17, 15) is 0 Å². The second-order valence-electron chi connectivity index (χ2n) is 7.13. The molecule has 4 unspecified atom stereocenters. The Bertz CT molecular complexity index is 274. The van der Waals surface area contributed by atoms with E-state index >= 15 is 0 Å². The van der Waals surface area contributed by atoms with Gasteiger partial charge in [0, 0.05) is 24.2 Å². The minimum absolute atomic E-state index is 0.239. The van der Waals surface area contributed by atoms with Gasteiger partial charge in [-0.05, 0) is 66.5 Å². The lowest BCUT2D eigenvalue weighted by Crippen LogP contribution is -2.55. The first kappa shape index (κ1) is 14.3. The number of ether oxygens (including phenoxy) is 1. The van der Waals surface area contributed by atoms with Crippen molar-refractivity contribution in [3.8, 4) is 0 Å². The molecule has 1 aliphatic heterocycles. The van der Waals surface area contributed by atoms with Crippen LogP contribution in [0.15, 0.2) is 0 Å². The molecule has 0 bridgehead atoms. The molecule has 0 aromatic rings. The Morgan fingerprint density at radius 3 is 2.33 bits per heavy atom. The van der Waals surface area contributed by atoms with Crippen molar-refractivity contribution in [3.63, 3.8) is 0 Å². The third-order valence-electron chi connectivity index (χ3n) is 4.65. The van der Waals surface area contributed by atoms with Crippen molar-refractivity contribution in [2.45, 2.75) is 70.7 Å². The zero-order valence-corrected chi connectivity index (χ0v) is 12.7. The third kappa shape index (κ3) is 3.25. The molecule has 106 valence electrons. The standard InChI is InChI=1S/C15H30N2O/c1-11-13(8-9-18-11)17(5)14-7-6-12(14)10-16-15(2,3)4/h11-14,16H,6-10H2,1-5H3. The van der Waals surface area contributed by atoms with Crippen LogP contribution in [0.4, 0.5) is 0 Å². The molecule has 3 nitrogen and oxygen atoms in total. The summed E-state index contributed by atoms with van der Waals surface area (Å²) in [6.07, 6.45) is 4.34. The van der Waals surface area contributed by atoms with Crippen LogP contribution in [0, 0.1) is 5.92 Å². The van der Waals surface area contributed by atoms with Crippen LogP contribution in [0.2, 0.25) is 0 Å².